The average molecular weight is 378 g/mol. The lowest BCUT2D eigenvalue weighted by atomic mass is 9.64. The van der Waals surface area contributed by atoms with Gasteiger partial charge in [-0.3, -0.25) is 9.36 Å². The Kier molecular flexibility index (Phi) is 3.79. The van der Waals surface area contributed by atoms with Crippen molar-refractivity contribution in [3.63, 3.8) is 0 Å². The van der Waals surface area contributed by atoms with Crippen LogP contribution in [-0.4, -0.2) is 31.6 Å². The van der Waals surface area contributed by atoms with E-state index in [4.69, 9.17) is 4.98 Å². The molecule has 2 aromatic heterocycles. The normalized spacial score (nSPS) is 26.5. The highest BCUT2D eigenvalue weighted by molar-refractivity contribution is 6.06. The number of carbonyl (C=O) groups is 1. The van der Waals surface area contributed by atoms with E-state index in [1.165, 1.54) is 0 Å². The van der Waals surface area contributed by atoms with E-state index in [0.29, 0.717) is 49.9 Å². The van der Waals surface area contributed by atoms with Crippen molar-refractivity contribution in [1.29, 1.82) is 0 Å². The van der Waals surface area contributed by atoms with Crippen LogP contribution >= 0.6 is 0 Å². The first kappa shape index (κ1) is 17.3. The number of fused-ring (bicyclic) bond motifs is 4. The molecule has 0 atom stereocenters. The van der Waals surface area contributed by atoms with Crippen molar-refractivity contribution in [3.8, 4) is 5.82 Å². The summed E-state index contributed by atoms with van der Waals surface area (Å²) < 4.78 is 16.4. The highest BCUT2D eigenvalue weighted by atomic mass is 19.1. The van der Waals surface area contributed by atoms with Crippen molar-refractivity contribution in [3.05, 3.63) is 54.1 Å². The minimum atomic E-state index is -1.01. The van der Waals surface area contributed by atoms with Gasteiger partial charge in [-0.15, -0.1) is 0 Å². The van der Waals surface area contributed by atoms with E-state index in [2.05, 4.69) is 10.3 Å². The van der Waals surface area contributed by atoms with Gasteiger partial charge in [0.1, 0.15) is 17.3 Å². The molecule has 2 bridgehead atoms. The van der Waals surface area contributed by atoms with Crippen molar-refractivity contribution in [2.24, 2.45) is 0 Å². The van der Waals surface area contributed by atoms with Crippen molar-refractivity contribution in [2.45, 2.75) is 56.7 Å². The molecule has 1 N–H and O–H groups in total. The second kappa shape index (κ2) is 6.12. The molecule has 0 aliphatic heterocycles. The topological polar surface area (TPSA) is 59.8 Å². The van der Waals surface area contributed by atoms with E-state index < -0.39 is 5.67 Å². The summed E-state index contributed by atoms with van der Waals surface area (Å²) in [6.45, 7) is 1.91. The SMILES string of the molecule is Cc1nccn1-c1cc(C(=O)NC23CCC(F)(CC2)CC3)c2ccccc2n1. The average Bonchev–Trinajstić information content (AvgIpc) is 3.14. The highest BCUT2D eigenvalue weighted by Crippen LogP contribution is 2.49. The number of aryl methyl sites for hydroxylation is 1. The Bertz CT molecular complexity index is 1050. The predicted molar refractivity (Wildman–Crippen MR) is 105 cm³/mol. The second-order valence-corrected chi connectivity index (χ2v) is 8.27. The molecule has 2 heterocycles. The fourth-order valence-electron chi connectivity index (χ4n) is 4.73. The fraction of sp³-hybridized carbons (Fsp3) is 0.409. The standard InChI is InChI=1S/C22H23FN4O/c1-15-24-12-13-27(15)19-14-17(16-4-2-3-5-18(16)25-19)20(28)26-22-9-6-21(23,7-10-22)8-11-22/h2-5,12-14H,6-11H2,1H3,(H,26,28). The Hall–Kier alpha value is -2.76. The van der Waals surface area contributed by atoms with Gasteiger partial charge in [0.25, 0.3) is 5.91 Å². The molecule has 3 aromatic rings. The summed E-state index contributed by atoms with van der Waals surface area (Å²) in [5.41, 5.74) is 0.0825. The number of rotatable bonds is 3. The molecule has 1 aromatic carbocycles. The molecule has 28 heavy (non-hydrogen) atoms. The number of halogens is 1. The number of alkyl halides is 1. The van der Waals surface area contributed by atoms with Crippen LogP contribution in [0.4, 0.5) is 4.39 Å². The van der Waals surface area contributed by atoms with Gasteiger partial charge in [0.05, 0.1) is 11.1 Å². The maximum absolute atomic E-state index is 14.5. The first-order chi connectivity index (χ1) is 13.5. The van der Waals surface area contributed by atoms with Crippen LogP contribution in [0.1, 0.15) is 54.7 Å². The summed E-state index contributed by atoms with van der Waals surface area (Å²) in [7, 11) is 0. The third-order valence-corrected chi connectivity index (χ3v) is 6.55. The van der Waals surface area contributed by atoms with Crippen LogP contribution in [-0.2, 0) is 0 Å². The molecular weight excluding hydrogens is 355 g/mol. The zero-order valence-corrected chi connectivity index (χ0v) is 15.9. The third kappa shape index (κ3) is 2.79. The maximum Gasteiger partial charge on any atom is 0.252 e. The monoisotopic (exact) mass is 378 g/mol. The number of amides is 1. The summed E-state index contributed by atoms with van der Waals surface area (Å²) >= 11 is 0. The van der Waals surface area contributed by atoms with Gasteiger partial charge in [0, 0.05) is 23.3 Å². The van der Waals surface area contributed by atoms with Crippen molar-refractivity contribution in [1.82, 2.24) is 19.9 Å². The highest BCUT2D eigenvalue weighted by Gasteiger charge is 2.49. The molecule has 3 saturated carbocycles. The summed E-state index contributed by atoms with van der Waals surface area (Å²) in [6, 6.07) is 9.50. The van der Waals surface area contributed by atoms with Crippen LogP contribution in [0, 0.1) is 6.92 Å². The van der Waals surface area contributed by atoms with Crippen LogP contribution in [0.15, 0.2) is 42.7 Å². The number of imidazole rings is 1. The molecule has 144 valence electrons. The van der Waals surface area contributed by atoms with Crippen LogP contribution in [0.3, 0.4) is 0 Å². The van der Waals surface area contributed by atoms with E-state index in [1.807, 2.05) is 48.0 Å². The Morgan fingerprint density at radius 2 is 1.86 bits per heavy atom. The summed E-state index contributed by atoms with van der Waals surface area (Å²) in [4.78, 5) is 22.3. The molecule has 0 unspecified atom stereocenters. The number of nitrogens with one attached hydrogen (secondary N) is 1. The van der Waals surface area contributed by atoms with Crippen molar-refractivity contribution >= 4 is 16.8 Å². The Morgan fingerprint density at radius 3 is 2.54 bits per heavy atom. The molecule has 3 aliphatic rings. The van der Waals surface area contributed by atoms with Crippen LogP contribution in [0.2, 0.25) is 0 Å². The van der Waals surface area contributed by atoms with Gasteiger partial charge in [-0.25, -0.2) is 14.4 Å². The smallest absolute Gasteiger partial charge is 0.252 e. The number of hydrogen-bond acceptors (Lipinski definition) is 3. The van der Waals surface area contributed by atoms with Crippen LogP contribution in [0.5, 0.6) is 0 Å². The minimum Gasteiger partial charge on any atom is -0.347 e. The van der Waals surface area contributed by atoms with E-state index in [0.717, 1.165) is 16.7 Å². The van der Waals surface area contributed by atoms with Crippen molar-refractivity contribution in [2.75, 3.05) is 0 Å². The van der Waals surface area contributed by atoms with Gasteiger partial charge in [0.2, 0.25) is 0 Å². The second-order valence-electron chi connectivity index (χ2n) is 8.27. The van der Waals surface area contributed by atoms with Gasteiger partial charge < -0.3 is 5.32 Å². The number of pyridine rings is 1. The molecule has 6 rings (SSSR count). The predicted octanol–water partition coefficient (Wildman–Crippen LogP) is 4.27. The zero-order chi connectivity index (χ0) is 19.4. The minimum absolute atomic E-state index is 0.106. The molecular formula is C22H23FN4O. The Labute approximate surface area is 163 Å². The summed E-state index contributed by atoms with van der Waals surface area (Å²) in [5.74, 6) is 1.38. The van der Waals surface area contributed by atoms with Crippen molar-refractivity contribution < 1.29 is 9.18 Å². The lowest BCUT2D eigenvalue weighted by Gasteiger charge is -2.49. The van der Waals surface area contributed by atoms with E-state index >= 15 is 0 Å². The molecule has 3 aliphatic carbocycles. The van der Waals surface area contributed by atoms with Gasteiger partial charge in [0.15, 0.2) is 0 Å². The zero-order valence-electron chi connectivity index (χ0n) is 15.9. The van der Waals surface area contributed by atoms with E-state index in [-0.39, 0.29) is 11.4 Å². The molecule has 1 amide bonds. The number of aromatic nitrogens is 3. The van der Waals surface area contributed by atoms with E-state index in [1.54, 1.807) is 6.20 Å². The quantitative estimate of drug-likeness (QED) is 0.740. The summed E-state index contributed by atoms with van der Waals surface area (Å²) in [6.07, 6.45) is 7.34. The first-order valence-corrected chi connectivity index (χ1v) is 9.89. The summed E-state index contributed by atoms with van der Waals surface area (Å²) in [5, 5.41) is 4.10. The Balaban J connectivity index is 1.54. The first-order valence-electron chi connectivity index (χ1n) is 9.89. The molecule has 0 radical (unpaired) electrons. The number of benzene rings is 1. The van der Waals surface area contributed by atoms with Crippen LogP contribution in [0.25, 0.3) is 16.7 Å². The van der Waals surface area contributed by atoms with Gasteiger partial charge in [-0.05, 0) is 57.6 Å². The molecule has 6 heteroatoms. The third-order valence-electron chi connectivity index (χ3n) is 6.55. The van der Waals surface area contributed by atoms with Gasteiger partial charge in [-0.1, -0.05) is 18.2 Å². The molecule has 0 saturated heterocycles. The number of carbonyl (C=O) groups excluding carboxylic acids is 1. The maximum atomic E-state index is 14.5. The lowest BCUT2D eigenvalue weighted by Crippen LogP contribution is -2.57. The van der Waals surface area contributed by atoms with Crippen LogP contribution < -0.4 is 5.32 Å². The van der Waals surface area contributed by atoms with Gasteiger partial charge in [-0.2, -0.15) is 0 Å². The molecule has 0 spiro atoms. The lowest BCUT2D eigenvalue weighted by molar-refractivity contribution is -0.00648. The number of hydrogen-bond donors (Lipinski definition) is 1. The molecule has 3 fully saturated rings. The Morgan fingerprint density at radius 1 is 1.14 bits per heavy atom. The largest absolute Gasteiger partial charge is 0.347 e. The van der Waals surface area contributed by atoms with E-state index in [9.17, 15) is 9.18 Å². The van der Waals surface area contributed by atoms with Gasteiger partial charge >= 0.3 is 0 Å². The number of para-hydroxylation sites is 1. The molecule has 5 nitrogen and oxygen atoms in total. The fourth-order valence-corrected chi connectivity index (χ4v) is 4.73. The number of nitrogens with zero attached hydrogens (tertiary/aromatic N) is 3.